The van der Waals surface area contributed by atoms with E-state index in [4.69, 9.17) is 37.1 Å². The van der Waals surface area contributed by atoms with Crippen molar-refractivity contribution in [1.82, 2.24) is 15.2 Å². The van der Waals surface area contributed by atoms with Gasteiger partial charge in [-0.1, -0.05) is 35.0 Å². The number of hydrogen-bond donors (Lipinski definition) is 0. The fourth-order valence-corrected chi connectivity index (χ4v) is 4.06. The van der Waals surface area contributed by atoms with E-state index in [1.807, 2.05) is 17.5 Å². The standard InChI is InChI=1S/C20H15Cl2N3O3S2/c21-13-1-5-16(6-2-13)26-9-18-24-25-20(28-18)30-12-15-11-29-19(23-15)10-27-17-7-3-14(22)4-8-17/h1-8,11H,9-10,12H2. The number of rotatable bonds is 9. The van der Waals surface area contributed by atoms with Gasteiger partial charge in [-0.25, -0.2) is 4.98 Å². The first kappa shape index (κ1) is 21.0. The van der Waals surface area contributed by atoms with E-state index < -0.39 is 0 Å². The molecule has 0 unspecified atom stereocenters. The molecule has 0 saturated carbocycles. The van der Waals surface area contributed by atoms with Crippen molar-refractivity contribution in [3.8, 4) is 11.5 Å². The topological polar surface area (TPSA) is 70.3 Å². The third-order valence-corrected chi connectivity index (χ3v) is 5.97. The Bertz CT molecular complexity index is 998. The van der Waals surface area contributed by atoms with Crippen LogP contribution in [0.2, 0.25) is 10.0 Å². The molecule has 10 heteroatoms. The van der Waals surface area contributed by atoms with Crippen LogP contribution in [0.1, 0.15) is 16.6 Å². The number of hydrogen-bond acceptors (Lipinski definition) is 8. The van der Waals surface area contributed by atoms with Gasteiger partial charge in [0.25, 0.3) is 11.1 Å². The molecule has 4 rings (SSSR count). The number of benzene rings is 2. The van der Waals surface area contributed by atoms with Gasteiger partial charge in [0.1, 0.15) is 23.1 Å². The summed E-state index contributed by atoms with van der Waals surface area (Å²) in [5.74, 6) is 2.46. The lowest BCUT2D eigenvalue weighted by Gasteiger charge is -2.03. The fraction of sp³-hybridized carbons (Fsp3) is 0.150. The maximum Gasteiger partial charge on any atom is 0.277 e. The molecule has 2 aromatic heterocycles. The summed E-state index contributed by atoms with van der Waals surface area (Å²) in [6, 6.07) is 14.3. The highest BCUT2D eigenvalue weighted by Crippen LogP contribution is 2.24. The second-order valence-electron chi connectivity index (χ2n) is 5.97. The van der Waals surface area contributed by atoms with Crippen LogP contribution in [0, 0.1) is 0 Å². The Kier molecular flexibility index (Phi) is 7.11. The minimum absolute atomic E-state index is 0.193. The highest BCUT2D eigenvalue weighted by Gasteiger charge is 2.10. The van der Waals surface area contributed by atoms with E-state index in [0.29, 0.717) is 39.3 Å². The molecule has 0 N–H and O–H groups in total. The van der Waals surface area contributed by atoms with E-state index in [0.717, 1.165) is 16.5 Å². The zero-order valence-corrected chi connectivity index (χ0v) is 18.6. The summed E-state index contributed by atoms with van der Waals surface area (Å²) < 4.78 is 16.9. The van der Waals surface area contributed by atoms with Crippen LogP contribution in [0.15, 0.2) is 63.6 Å². The molecule has 0 bridgehead atoms. The minimum atomic E-state index is 0.193. The summed E-state index contributed by atoms with van der Waals surface area (Å²) in [4.78, 5) is 4.57. The molecule has 0 aliphatic carbocycles. The van der Waals surface area contributed by atoms with E-state index in [2.05, 4.69) is 15.2 Å². The second kappa shape index (κ2) is 10.2. The van der Waals surface area contributed by atoms with Gasteiger partial charge in [0, 0.05) is 21.2 Å². The van der Waals surface area contributed by atoms with Gasteiger partial charge in [0.2, 0.25) is 0 Å². The number of halogens is 2. The Hall–Kier alpha value is -2.26. The van der Waals surface area contributed by atoms with Gasteiger partial charge in [-0.15, -0.1) is 21.5 Å². The van der Waals surface area contributed by atoms with E-state index in [1.165, 1.54) is 11.8 Å². The molecule has 0 saturated heterocycles. The first-order valence-corrected chi connectivity index (χ1v) is 11.4. The van der Waals surface area contributed by atoms with Crippen LogP contribution in [0.4, 0.5) is 0 Å². The van der Waals surface area contributed by atoms with Gasteiger partial charge in [0.05, 0.1) is 5.69 Å². The maximum absolute atomic E-state index is 5.87. The summed E-state index contributed by atoms with van der Waals surface area (Å²) in [6.45, 7) is 0.599. The summed E-state index contributed by atoms with van der Waals surface area (Å²) in [7, 11) is 0. The molecule has 6 nitrogen and oxygen atoms in total. The zero-order chi connectivity index (χ0) is 20.8. The highest BCUT2D eigenvalue weighted by molar-refractivity contribution is 7.98. The van der Waals surface area contributed by atoms with Crippen molar-refractivity contribution < 1.29 is 13.9 Å². The molecule has 0 aliphatic rings. The van der Waals surface area contributed by atoms with Gasteiger partial charge in [-0.05, 0) is 48.5 Å². The number of aromatic nitrogens is 3. The quantitative estimate of drug-likeness (QED) is 0.261. The highest BCUT2D eigenvalue weighted by atomic mass is 35.5. The van der Waals surface area contributed by atoms with Crippen molar-refractivity contribution in [3.05, 3.63) is 80.5 Å². The van der Waals surface area contributed by atoms with E-state index in [9.17, 15) is 0 Å². The van der Waals surface area contributed by atoms with E-state index >= 15 is 0 Å². The zero-order valence-electron chi connectivity index (χ0n) is 15.5. The van der Waals surface area contributed by atoms with Crippen molar-refractivity contribution in [2.75, 3.05) is 0 Å². The van der Waals surface area contributed by atoms with Gasteiger partial charge >= 0.3 is 0 Å². The van der Waals surface area contributed by atoms with Crippen molar-refractivity contribution >= 4 is 46.3 Å². The van der Waals surface area contributed by atoms with Gasteiger partial charge in [-0.2, -0.15) is 0 Å². The van der Waals surface area contributed by atoms with Crippen LogP contribution in [0.5, 0.6) is 11.5 Å². The normalized spacial score (nSPS) is 10.9. The van der Waals surface area contributed by atoms with Crippen LogP contribution in [-0.4, -0.2) is 15.2 Å². The lowest BCUT2D eigenvalue weighted by atomic mass is 10.3. The van der Waals surface area contributed by atoms with Crippen molar-refractivity contribution in [3.63, 3.8) is 0 Å². The van der Waals surface area contributed by atoms with Crippen LogP contribution < -0.4 is 9.47 Å². The molecule has 0 spiro atoms. The summed E-state index contributed by atoms with van der Waals surface area (Å²) in [5.41, 5.74) is 0.928. The fourth-order valence-electron chi connectivity index (χ4n) is 2.32. The maximum atomic E-state index is 5.87. The number of nitrogens with zero attached hydrogens (tertiary/aromatic N) is 3. The van der Waals surface area contributed by atoms with Gasteiger partial charge < -0.3 is 13.9 Å². The Labute approximate surface area is 191 Å². The van der Waals surface area contributed by atoms with Crippen LogP contribution >= 0.6 is 46.3 Å². The predicted octanol–water partition coefficient (Wildman–Crippen LogP) is 6.28. The first-order chi connectivity index (χ1) is 14.6. The molecule has 154 valence electrons. The minimum Gasteiger partial charge on any atom is -0.486 e. The van der Waals surface area contributed by atoms with Crippen LogP contribution in [-0.2, 0) is 19.0 Å². The second-order valence-corrected chi connectivity index (χ2v) is 8.71. The molecule has 30 heavy (non-hydrogen) atoms. The smallest absolute Gasteiger partial charge is 0.277 e. The molecule has 0 amide bonds. The molecule has 0 aliphatic heterocycles. The number of thioether (sulfide) groups is 1. The average molecular weight is 480 g/mol. The van der Waals surface area contributed by atoms with Gasteiger partial charge in [0.15, 0.2) is 6.61 Å². The molecule has 0 fully saturated rings. The SMILES string of the molecule is Clc1ccc(OCc2nnc(SCc3csc(COc4ccc(Cl)cc4)n3)o2)cc1. The van der Waals surface area contributed by atoms with E-state index in [1.54, 1.807) is 47.7 Å². The molecular formula is C20H15Cl2N3O3S2. The van der Waals surface area contributed by atoms with E-state index in [-0.39, 0.29) is 6.61 Å². The summed E-state index contributed by atoms with van der Waals surface area (Å²) in [6.07, 6.45) is 0. The Balaban J connectivity index is 1.23. The van der Waals surface area contributed by atoms with Crippen molar-refractivity contribution in [1.29, 1.82) is 0 Å². The Morgan fingerprint density at radius 3 is 2.17 bits per heavy atom. The third kappa shape index (κ3) is 6.12. The lowest BCUT2D eigenvalue weighted by Crippen LogP contribution is -1.95. The molecule has 2 aromatic carbocycles. The molecule has 4 aromatic rings. The number of thiazole rings is 1. The molecule has 2 heterocycles. The summed E-state index contributed by atoms with van der Waals surface area (Å²) >= 11 is 14.7. The predicted molar refractivity (Wildman–Crippen MR) is 118 cm³/mol. The lowest BCUT2D eigenvalue weighted by molar-refractivity contribution is 0.252. The summed E-state index contributed by atoms with van der Waals surface area (Å²) in [5, 5.41) is 12.7. The van der Waals surface area contributed by atoms with Crippen molar-refractivity contribution in [2.24, 2.45) is 0 Å². The largest absolute Gasteiger partial charge is 0.486 e. The number of ether oxygens (including phenoxy) is 2. The van der Waals surface area contributed by atoms with Crippen LogP contribution in [0.3, 0.4) is 0 Å². The van der Waals surface area contributed by atoms with Crippen molar-refractivity contribution in [2.45, 2.75) is 24.2 Å². The third-order valence-electron chi connectivity index (χ3n) is 3.74. The first-order valence-electron chi connectivity index (χ1n) is 8.79. The molecule has 0 radical (unpaired) electrons. The van der Waals surface area contributed by atoms with Gasteiger partial charge in [-0.3, -0.25) is 0 Å². The average Bonchev–Trinajstić information content (AvgIpc) is 3.41. The monoisotopic (exact) mass is 479 g/mol. The molecular weight excluding hydrogens is 465 g/mol. The van der Waals surface area contributed by atoms with Crippen LogP contribution in [0.25, 0.3) is 0 Å². The Morgan fingerprint density at radius 1 is 0.867 bits per heavy atom. The molecule has 0 atom stereocenters. The Morgan fingerprint density at radius 2 is 1.50 bits per heavy atom.